The molecule has 4 heteroatoms. The SMILES string of the molecule is C=CCN1C[C@@H](C(=O)NCCC2=CCCCC2)CC1=O. The first-order valence-electron chi connectivity index (χ1n) is 7.55. The van der Waals surface area contributed by atoms with E-state index in [-0.39, 0.29) is 17.7 Å². The molecule has 0 radical (unpaired) electrons. The Morgan fingerprint density at radius 3 is 3.05 bits per heavy atom. The molecule has 0 unspecified atom stereocenters. The number of nitrogens with zero attached hydrogens (tertiary/aromatic N) is 1. The summed E-state index contributed by atoms with van der Waals surface area (Å²) in [6.07, 6.45) is 10.2. The molecule has 1 atom stereocenters. The first-order chi connectivity index (χ1) is 9.70. The Hall–Kier alpha value is -1.58. The number of carbonyl (C=O) groups is 2. The third-order valence-electron chi connectivity index (χ3n) is 4.07. The molecule has 1 fully saturated rings. The Labute approximate surface area is 120 Å². The van der Waals surface area contributed by atoms with Gasteiger partial charge in [0.2, 0.25) is 11.8 Å². The highest BCUT2D eigenvalue weighted by Crippen LogP contribution is 2.20. The first-order valence-corrected chi connectivity index (χ1v) is 7.55. The number of allylic oxidation sites excluding steroid dienone is 1. The van der Waals surface area contributed by atoms with Gasteiger partial charge >= 0.3 is 0 Å². The average Bonchev–Trinajstić information content (AvgIpc) is 2.82. The third-order valence-corrected chi connectivity index (χ3v) is 4.07. The molecule has 2 rings (SSSR count). The number of hydrogen-bond acceptors (Lipinski definition) is 2. The van der Waals surface area contributed by atoms with Crippen molar-refractivity contribution in [1.29, 1.82) is 0 Å². The number of carbonyl (C=O) groups excluding carboxylic acids is 2. The van der Waals surface area contributed by atoms with Gasteiger partial charge in [-0.2, -0.15) is 0 Å². The molecule has 1 aliphatic carbocycles. The summed E-state index contributed by atoms with van der Waals surface area (Å²) in [5.41, 5.74) is 1.47. The van der Waals surface area contributed by atoms with Gasteiger partial charge in [0.15, 0.2) is 0 Å². The summed E-state index contributed by atoms with van der Waals surface area (Å²) in [6.45, 7) is 5.38. The van der Waals surface area contributed by atoms with E-state index < -0.39 is 0 Å². The van der Waals surface area contributed by atoms with Crippen molar-refractivity contribution in [1.82, 2.24) is 10.2 Å². The fourth-order valence-electron chi connectivity index (χ4n) is 2.90. The van der Waals surface area contributed by atoms with Crippen LogP contribution < -0.4 is 5.32 Å². The van der Waals surface area contributed by atoms with Gasteiger partial charge in [0, 0.05) is 26.1 Å². The normalized spacial score (nSPS) is 22.6. The standard InChI is InChI=1S/C16H24N2O2/c1-2-10-18-12-14(11-15(18)19)16(20)17-9-8-13-6-4-3-5-7-13/h2,6,14H,1,3-5,7-12H2,(H,17,20)/t14-/m0/s1. The van der Waals surface area contributed by atoms with Crippen molar-refractivity contribution in [2.24, 2.45) is 5.92 Å². The second-order valence-corrected chi connectivity index (χ2v) is 5.64. The monoisotopic (exact) mass is 276 g/mol. The maximum Gasteiger partial charge on any atom is 0.225 e. The summed E-state index contributed by atoms with van der Waals surface area (Å²) in [6, 6.07) is 0. The minimum Gasteiger partial charge on any atom is -0.355 e. The Kier molecular flexibility index (Phi) is 5.39. The lowest BCUT2D eigenvalue weighted by Gasteiger charge is -2.15. The highest BCUT2D eigenvalue weighted by atomic mass is 16.2. The van der Waals surface area contributed by atoms with E-state index in [0.717, 1.165) is 6.42 Å². The van der Waals surface area contributed by atoms with Crippen LogP contribution in [0.3, 0.4) is 0 Å². The molecule has 110 valence electrons. The van der Waals surface area contributed by atoms with E-state index in [1.165, 1.54) is 31.3 Å². The van der Waals surface area contributed by atoms with E-state index in [0.29, 0.717) is 26.1 Å². The highest BCUT2D eigenvalue weighted by Gasteiger charge is 2.33. The summed E-state index contributed by atoms with van der Waals surface area (Å²) < 4.78 is 0. The van der Waals surface area contributed by atoms with Crippen LogP contribution in [0.1, 0.15) is 38.5 Å². The van der Waals surface area contributed by atoms with Crippen molar-refractivity contribution < 1.29 is 9.59 Å². The molecular weight excluding hydrogens is 252 g/mol. The van der Waals surface area contributed by atoms with Gasteiger partial charge in [-0.15, -0.1) is 6.58 Å². The largest absolute Gasteiger partial charge is 0.355 e. The molecule has 0 saturated carbocycles. The number of hydrogen-bond donors (Lipinski definition) is 1. The van der Waals surface area contributed by atoms with Crippen LogP contribution in [0.4, 0.5) is 0 Å². The third kappa shape index (κ3) is 3.95. The van der Waals surface area contributed by atoms with E-state index in [9.17, 15) is 9.59 Å². The quantitative estimate of drug-likeness (QED) is 0.755. The van der Waals surface area contributed by atoms with Gasteiger partial charge in [0.05, 0.1) is 5.92 Å². The van der Waals surface area contributed by atoms with Crippen LogP contribution in [0.25, 0.3) is 0 Å². The lowest BCUT2D eigenvalue weighted by atomic mass is 9.97. The predicted molar refractivity (Wildman–Crippen MR) is 79.1 cm³/mol. The van der Waals surface area contributed by atoms with E-state index in [1.54, 1.807) is 11.0 Å². The molecule has 1 heterocycles. The van der Waals surface area contributed by atoms with Gasteiger partial charge in [0.1, 0.15) is 0 Å². The number of likely N-dealkylation sites (tertiary alicyclic amines) is 1. The number of rotatable bonds is 6. The molecule has 2 aliphatic rings. The molecule has 0 bridgehead atoms. The molecule has 4 nitrogen and oxygen atoms in total. The van der Waals surface area contributed by atoms with Crippen molar-refractivity contribution in [3.63, 3.8) is 0 Å². The van der Waals surface area contributed by atoms with Gasteiger partial charge < -0.3 is 10.2 Å². The fraction of sp³-hybridized carbons (Fsp3) is 0.625. The van der Waals surface area contributed by atoms with E-state index in [1.807, 2.05) is 0 Å². The molecule has 1 N–H and O–H groups in total. The summed E-state index contributed by atoms with van der Waals surface area (Å²) in [4.78, 5) is 25.4. The van der Waals surface area contributed by atoms with Gasteiger partial charge in [-0.3, -0.25) is 9.59 Å². The Balaban J connectivity index is 1.71. The van der Waals surface area contributed by atoms with Gasteiger partial charge in [-0.25, -0.2) is 0 Å². The zero-order valence-corrected chi connectivity index (χ0v) is 12.1. The fourth-order valence-corrected chi connectivity index (χ4v) is 2.90. The van der Waals surface area contributed by atoms with Gasteiger partial charge in [-0.1, -0.05) is 17.7 Å². The zero-order chi connectivity index (χ0) is 14.4. The maximum atomic E-state index is 12.0. The molecular formula is C16H24N2O2. The number of amides is 2. The summed E-state index contributed by atoms with van der Waals surface area (Å²) in [5, 5.41) is 2.97. The zero-order valence-electron chi connectivity index (χ0n) is 12.1. The molecule has 0 aromatic heterocycles. The van der Waals surface area contributed by atoms with E-state index in [4.69, 9.17) is 0 Å². The summed E-state index contributed by atoms with van der Waals surface area (Å²) in [7, 11) is 0. The smallest absolute Gasteiger partial charge is 0.225 e. The van der Waals surface area contributed by atoms with Crippen LogP contribution in [0.2, 0.25) is 0 Å². The summed E-state index contributed by atoms with van der Waals surface area (Å²) >= 11 is 0. The molecule has 20 heavy (non-hydrogen) atoms. The van der Waals surface area contributed by atoms with Crippen LogP contribution in [0.5, 0.6) is 0 Å². The van der Waals surface area contributed by atoms with Gasteiger partial charge in [-0.05, 0) is 32.1 Å². The lowest BCUT2D eigenvalue weighted by Crippen LogP contribution is -2.33. The van der Waals surface area contributed by atoms with Crippen LogP contribution in [-0.2, 0) is 9.59 Å². The summed E-state index contributed by atoms with van der Waals surface area (Å²) in [5.74, 6) is -0.121. The van der Waals surface area contributed by atoms with Crippen LogP contribution >= 0.6 is 0 Å². The highest BCUT2D eigenvalue weighted by molar-refractivity contribution is 5.89. The van der Waals surface area contributed by atoms with Crippen LogP contribution in [-0.4, -0.2) is 36.3 Å². The minimum atomic E-state index is -0.192. The molecule has 1 aliphatic heterocycles. The molecule has 0 aromatic carbocycles. The van der Waals surface area contributed by atoms with Crippen LogP contribution in [0.15, 0.2) is 24.3 Å². The Morgan fingerprint density at radius 1 is 1.50 bits per heavy atom. The topological polar surface area (TPSA) is 49.4 Å². The molecule has 2 amide bonds. The van der Waals surface area contributed by atoms with Crippen molar-refractivity contribution in [2.75, 3.05) is 19.6 Å². The van der Waals surface area contributed by atoms with Crippen LogP contribution in [0, 0.1) is 5.92 Å². The van der Waals surface area contributed by atoms with Crippen molar-refractivity contribution in [2.45, 2.75) is 38.5 Å². The second kappa shape index (κ2) is 7.27. The minimum absolute atomic E-state index is 0.0151. The average molecular weight is 276 g/mol. The molecule has 0 spiro atoms. The number of nitrogens with one attached hydrogen (secondary N) is 1. The van der Waals surface area contributed by atoms with Crippen molar-refractivity contribution in [3.05, 3.63) is 24.3 Å². The van der Waals surface area contributed by atoms with E-state index in [2.05, 4.69) is 18.0 Å². The molecule has 1 saturated heterocycles. The maximum absolute atomic E-state index is 12.0. The van der Waals surface area contributed by atoms with Crippen molar-refractivity contribution in [3.8, 4) is 0 Å². The first kappa shape index (κ1) is 14.8. The van der Waals surface area contributed by atoms with Crippen molar-refractivity contribution >= 4 is 11.8 Å². The molecule has 0 aromatic rings. The van der Waals surface area contributed by atoms with Gasteiger partial charge in [0.25, 0.3) is 0 Å². The predicted octanol–water partition coefficient (Wildman–Crippen LogP) is 2.03. The second-order valence-electron chi connectivity index (χ2n) is 5.64. The Bertz CT molecular complexity index is 415. The van der Waals surface area contributed by atoms with E-state index >= 15 is 0 Å². The Morgan fingerprint density at radius 2 is 2.35 bits per heavy atom. The lowest BCUT2D eigenvalue weighted by molar-refractivity contribution is -0.128.